The molecule has 0 fully saturated rings. The van der Waals surface area contributed by atoms with E-state index in [0.717, 1.165) is 11.1 Å². The number of nitrogens with one attached hydrogen (secondary N) is 1. The molecule has 0 radical (unpaired) electrons. The van der Waals surface area contributed by atoms with Gasteiger partial charge in [0.2, 0.25) is 0 Å². The second-order valence-electron chi connectivity index (χ2n) is 3.74. The van der Waals surface area contributed by atoms with Crippen molar-refractivity contribution >= 4 is 29.3 Å². The molecule has 90 valence electrons. The lowest BCUT2D eigenvalue weighted by atomic mass is 10.0. The zero-order valence-electron chi connectivity index (χ0n) is 9.65. The summed E-state index contributed by atoms with van der Waals surface area (Å²) in [5.74, 6) is -0.523. The molecule has 0 bridgehead atoms. The summed E-state index contributed by atoms with van der Waals surface area (Å²) in [6.45, 7) is 3.99. The van der Waals surface area contributed by atoms with Crippen LogP contribution in [0.2, 0.25) is 0 Å². The third kappa shape index (κ3) is 2.39. The van der Waals surface area contributed by atoms with Gasteiger partial charge in [-0.15, -0.1) is 0 Å². The Morgan fingerprint density at radius 3 is 3.06 bits per heavy atom. The topological polar surface area (TPSA) is 55.2 Å². The van der Waals surface area contributed by atoms with Crippen molar-refractivity contribution in [3.63, 3.8) is 0 Å². The number of benzene rings is 1. The largest absolute Gasteiger partial charge is 0.466 e. The molecule has 0 aliphatic carbocycles. The van der Waals surface area contributed by atoms with Crippen molar-refractivity contribution in [1.82, 2.24) is 4.98 Å². The van der Waals surface area contributed by atoms with Gasteiger partial charge in [0.1, 0.15) is 0 Å². The van der Waals surface area contributed by atoms with Gasteiger partial charge in [0.25, 0.3) is 4.84 Å². The molecule has 17 heavy (non-hydrogen) atoms. The van der Waals surface area contributed by atoms with Crippen molar-refractivity contribution in [2.45, 2.75) is 19.8 Å². The molecule has 1 unspecified atom stereocenters. The molecule has 1 N–H and O–H groups in total. The Bertz CT molecular complexity index is 599. The first kappa shape index (κ1) is 11.9. The van der Waals surface area contributed by atoms with E-state index in [2.05, 4.69) is 4.98 Å². The molecule has 0 aliphatic heterocycles. The number of oxazole rings is 1. The summed E-state index contributed by atoms with van der Waals surface area (Å²) in [6, 6.07) is 5.50. The quantitative estimate of drug-likeness (QED) is 0.672. The molecule has 0 saturated heterocycles. The molecule has 2 rings (SSSR count). The number of fused-ring (bicyclic) bond motifs is 1. The minimum absolute atomic E-state index is 0.228. The van der Waals surface area contributed by atoms with E-state index < -0.39 is 0 Å². The van der Waals surface area contributed by atoms with Crippen LogP contribution in [-0.2, 0) is 9.53 Å². The standard InChI is InChI=1S/C12H13NO3S/c1-3-15-11(14)7(2)8-4-5-10-9(6-8)13-12(17)16-10/h4-7H,3H2,1-2H3,(H,13,17). The fourth-order valence-corrected chi connectivity index (χ4v) is 1.84. The number of hydrogen-bond donors (Lipinski definition) is 1. The predicted octanol–water partition coefficient (Wildman–Crippen LogP) is 3.16. The van der Waals surface area contributed by atoms with E-state index in [1.54, 1.807) is 13.0 Å². The Balaban J connectivity index is 2.35. The van der Waals surface area contributed by atoms with Crippen LogP contribution in [0.15, 0.2) is 22.6 Å². The number of ether oxygens (including phenoxy) is 1. The van der Waals surface area contributed by atoms with Crippen molar-refractivity contribution in [3.8, 4) is 0 Å². The fourth-order valence-electron chi connectivity index (χ4n) is 1.64. The highest BCUT2D eigenvalue weighted by molar-refractivity contribution is 7.71. The average Bonchev–Trinajstić information content (AvgIpc) is 2.67. The van der Waals surface area contributed by atoms with Gasteiger partial charge in [-0.3, -0.25) is 4.79 Å². The van der Waals surface area contributed by atoms with Gasteiger partial charge in [-0.25, -0.2) is 0 Å². The summed E-state index contributed by atoms with van der Waals surface area (Å²) in [5, 5.41) is 0. The highest BCUT2D eigenvalue weighted by Gasteiger charge is 2.17. The van der Waals surface area contributed by atoms with Gasteiger partial charge < -0.3 is 14.1 Å². The molecular weight excluding hydrogens is 238 g/mol. The lowest BCUT2D eigenvalue weighted by Crippen LogP contribution is -2.12. The molecule has 1 aromatic heterocycles. The van der Waals surface area contributed by atoms with Crippen LogP contribution in [0.25, 0.3) is 11.1 Å². The molecule has 1 aromatic carbocycles. The smallest absolute Gasteiger partial charge is 0.313 e. The van der Waals surface area contributed by atoms with Crippen LogP contribution < -0.4 is 0 Å². The first-order valence-electron chi connectivity index (χ1n) is 5.41. The Labute approximate surface area is 104 Å². The maximum atomic E-state index is 11.6. The summed E-state index contributed by atoms with van der Waals surface area (Å²) in [4.78, 5) is 14.9. The number of hydrogen-bond acceptors (Lipinski definition) is 4. The lowest BCUT2D eigenvalue weighted by molar-refractivity contribution is -0.144. The zero-order chi connectivity index (χ0) is 12.4. The van der Waals surface area contributed by atoms with E-state index >= 15 is 0 Å². The lowest BCUT2D eigenvalue weighted by Gasteiger charge is -2.10. The fraction of sp³-hybridized carbons (Fsp3) is 0.333. The molecule has 0 amide bonds. The molecule has 1 heterocycles. The van der Waals surface area contributed by atoms with Crippen LogP contribution in [0.5, 0.6) is 0 Å². The first-order valence-corrected chi connectivity index (χ1v) is 5.82. The average molecular weight is 251 g/mol. The molecule has 0 saturated carbocycles. The van der Waals surface area contributed by atoms with E-state index in [1.165, 1.54) is 0 Å². The van der Waals surface area contributed by atoms with Crippen molar-refractivity contribution in [3.05, 3.63) is 28.6 Å². The number of carbonyl (C=O) groups excluding carboxylic acids is 1. The Kier molecular flexibility index (Phi) is 3.28. The van der Waals surface area contributed by atoms with Crippen molar-refractivity contribution < 1.29 is 13.9 Å². The Morgan fingerprint density at radius 2 is 2.35 bits per heavy atom. The second kappa shape index (κ2) is 4.71. The van der Waals surface area contributed by atoms with Crippen LogP contribution in [0, 0.1) is 4.84 Å². The monoisotopic (exact) mass is 251 g/mol. The highest BCUT2D eigenvalue weighted by Crippen LogP contribution is 2.22. The normalized spacial score (nSPS) is 12.6. The van der Waals surface area contributed by atoms with E-state index in [9.17, 15) is 4.79 Å². The van der Waals surface area contributed by atoms with Crippen LogP contribution in [0.3, 0.4) is 0 Å². The molecule has 0 aliphatic rings. The van der Waals surface area contributed by atoms with Gasteiger partial charge in [0.15, 0.2) is 5.58 Å². The van der Waals surface area contributed by atoms with Gasteiger partial charge >= 0.3 is 5.97 Å². The van der Waals surface area contributed by atoms with Crippen LogP contribution >= 0.6 is 12.2 Å². The minimum Gasteiger partial charge on any atom is -0.466 e. The van der Waals surface area contributed by atoms with Crippen LogP contribution in [0.1, 0.15) is 25.3 Å². The number of esters is 1. The Morgan fingerprint density at radius 1 is 1.59 bits per heavy atom. The summed E-state index contributed by atoms with van der Waals surface area (Å²) in [7, 11) is 0. The van der Waals surface area contributed by atoms with Crippen molar-refractivity contribution in [1.29, 1.82) is 0 Å². The first-order chi connectivity index (χ1) is 8.11. The number of aromatic nitrogens is 1. The number of aromatic amines is 1. The summed E-state index contributed by atoms with van der Waals surface area (Å²) >= 11 is 4.90. The number of H-pyrrole nitrogens is 1. The van der Waals surface area contributed by atoms with Gasteiger partial charge in [-0.2, -0.15) is 0 Å². The third-order valence-electron chi connectivity index (χ3n) is 2.58. The molecule has 4 nitrogen and oxygen atoms in total. The molecule has 0 spiro atoms. The number of carbonyl (C=O) groups is 1. The van der Waals surface area contributed by atoms with E-state index in [1.807, 2.05) is 19.1 Å². The van der Waals surface area contributed by atoms with Gasteiger partial charge in [-0.05, 0) is 43.8 Å². The highest BCUT2D eigenvalue weighted by atomic mass is 32.1. The zero-order valence-corrected chi connectivity index (χ0v) is 10.5. The van der Waals surface area contributed by atoms with Gasteiger partial charge in [0.05, 0.1) is 18.0 Å². The molecule has 1 atom stereocenters. The minimum atomic E-state index is -0.295. The summed E-state index contributed by atoms with van der Waals surface area (Å²) in [6.07, 6.45) is 0. The Hall–Kier alpha value is -1.62. The van der Waals surface area contributed by atoms with Crippen molar-refractivity contribution in [2.24, 2.45) is 0 Å². The number of rotatable bonds is 3. The van der Waals surface area contributed by atoms with E-state index in [-0.39, 0.29) is 11.9 Å². The van der Waals surface area contributed by atoms with Gasteiger partial charge in [-0.1, -0.05) is 6.07 Å². The third-order valence-corrected chi connectivity index (χ3v) is 2.77. The molecular formula is C12H13NO3S. The maximum absolute atomic E-state index is 11.6. The summed E-state index contributed by atoms with van der Waals surface area (Å²) in [5.41, 5.74) is 2.36. The maximum Gasteiger partial charge on any atom is 0.313 e. The molecule has 2 aromatic rings. The van der Waals surface area contributed by atoms with Crippen molar-refractivity contribution in [2.75, 3.05) is 6.61 Å². The van der Waals surface area contributed by atoms with E-state index in [4.69, 9.17) is 21.4 Å². The predicted molar refractivity (Wildman–Crippen MR) is 66.4 cm³/mol. The SMILES string of the molecule is CCOC(=O)C(C)c1ccc2oc(=S)[nH]c2c1. The molecule has 5 heteroatoms. The summed E-state index contributed by atoms with van der Waals surface area (Å²) < 4.78 is 10.2. The van der Waals surface area contributed by atoms with Crippen LogP contribution in [-0.4, -0.2) is 17.6 Å². The van der Waals surface area contributed by atoms with Gasteiger partial charge in [0, 0.05) is 0 Å². The second-order valence-corrected chi connectivity index (χ2v) is 4.11. The van der Waals surface area contributed by atoms with Crippen LogP contribution in [0.4, 0.5) is 0 Å². The van der Waals surface area contributed by atoms with E-state index in [0.29, 0.717) is 17.0 Å².